The number of aryl methyl sites for hydroxylation is 1. The molecule has 0 amide bonds. The Kier molecular flexibility index (Phi) is 2.04. The van der Waals surface area contributed by atoms with Gasteiger partial charge in [-0.15, -0.1) is 6.07 Å². The van der Waals surface area contributed by atoms with Crippen LogP contribution in [0.25, 0.3) is 11.3 Å². The molecule has 0 unspecified atom stereocenters. The third kappa shape index (κ3) is 1.72. The van der Waals surface area contributed by atoms with Gasteiger partial charge in [-0.3, -0.25) is 0 Å². The van der Waals surface area contributed by atoms with E-state index in [9.17, 15) is 0 Å². The highest BCUT2D eigenvalue weighted by Gasteiger charge is 1.89. The van der Waals surface area contributed by atoms with E-state index in [1.807, 2.05) is 43.3 Å². The predicted octanol–water partition coefficient (Wildman–Crippen LogP) is 2.25. The Morgan fingerprint density at radius 1 is 1.08 bits per heavy atom. The molecule has 2 aromatic rings. The Morgan fingerprint density at radius 3 is 2.54 bits per heavy atom. The van der Waals surface area contributed by atoms with Gasteiger partial charge in [0.2, 0.25) is 0 Å². The lowest BCUT2D eigenvalue weighted by molar-refractivity contribution is 1.09. The average molecular weight is 169 g/mol. The fraction of sp³-hybridized carbons (Fsp3) is 0.0909. The molecule has 1 heterocycles. The van der Waals surface area contributed by atoms with E-state index in [1.165, 1.54) is 0 Å². The fourth-order valence-electron chi connectivity index (χ4n) is 1.18. The van der Waals surface area contributed by atoms with E-state index >= 15 is 0 Å². The van der Waals surface area contributed by atoms with E-state index < -0.39 is 0 Å². The van der Waals surface area contributed by atoms with Crippen LogP contribution >= 0.6 is 0 Å². The van der Waals surface area contributed by atoms with Crippen molar-refractivity contribution in [3.05, 3.63) is 48.4 Å². The summed E-state index contributed by atoms with van der Waals surface area (Å²) in [7, 11) is 0. The average Bonchev–Trinajstić information content (AvgIpc) is 2.19. The maximum absolute atomic E-state index is 4.07. The summed E-state index contributed by atoms with van der Waals surface area (Å²) < 4.78 is 0. The molecular formula is C11H9N2-. The highest BCUT2D eigenvalue weighted by Crippen LogP contribution is 2.15. The normalized spacial score (nSPS) is 9.92. The first-order valence-corrected chi connectivity index (χ1v) is 4.13. The molecule has 0 aliphatic heterocycles. The number of aromatic nitrogens is 2. The van der Waals surface area contributed by atoms with Crippen molar-refractivity contribution >= 4 is 0 Å². The summed E-state index contributed by atoms with van der Waals surface area (Å²) in [5, 5.41) is 0. The van der Waals surface area contributed by atoms with Gasteiger partial charge in [0, 0.05) is 6.33 Å². The lowest BCUT2D eigenvalue weighted by Crippen LogP contribution is -1.87. The Labute approximate surface area is 77.3 Å². The number of hydrogen-bond acceptors (Lipinski definition) is 2. The van der Waals surface area contributed by atoms with Crippen LogP contribution in [0.15, 0.2) is 36.4 Å². The molecule has 2 nitrogen and oxygen atoms in total. The number of rotatable bonds is 1. The molecule has 0 atom stereocenters. The summed E-state index contributed by atoms with van der Waals surface area (Å²) in [6.07, 6.45) is 2.63. The van der Waals surface area contributed by atoms with Crippen LogP contribution in [-0.4, -0.2) is 9.97 Å². The minimum absolute atomic E-state index is 0.924. The lowest BCUT2D eigenvalue weighted by Gasteiger charge is -2.08. The summed E-state index contributed by atoms with van der Waals surface area (Å²) in [5.41, 5.74) is 2.96. The van der Waals surface area contributed by atoms with E-state index in [0.717, 1.165) is 17.0 Å². The molecule has 64 valence electrons. The molecule has 0 bridgehead atoms. The largest absolute Gasteiger partial charge is 0.371 e. The summed E-state index contributed by atoms with van der Waals surface area (Å²) in [5.74, 6) is 0. The standard InChI is InChI=1S/C11H9N2/c1-9-7-11(13-8-12-9)10-5-3-2-4-6-10/h2-7H,1H3/q-1. The first-order valence-electron chi connectivity index (χ1n) is 4.13. The Morgan fingerprint density at radius 2 is 1.85 bits per heavy atom. The first-order chi connectivity index (χ1) is 6.36. The van der Waals surface area contributed by atoms with Crippen molar-refractivity contribution in [1.29, 1.82) is 0 Å². The zero-order valence-electron chi connectivity index (χ0n) is 7.36. The molecule has 1 aromatic heterocycles. The smallest absolute Gasteiger partial charge is 0.0221 e. The lowest BCUT2D eigenvalue weighted by atomic mass is 10.1. The van der Waals surface area contributed by atoms with Gasteiger partial charge < -0.3 is 9.97 Å². The minimum Gasteiger partial charge on any atom is -0.371 e. The highest BCUT2D eigenvalue weighted by molar-refractivity contribution is 5.58. The maximum Gasteiger partial charge on any atom is 0.0221 e. The van der Waals surface area contributed by atoms with Crippen molar-refractivity contribution in [2.24, 2.45) is 0 Å². The Bertz CT molecular complexity index is 396. The topological polar surface area (TPSA) is 25.8 Å². The van der Waals surface area contributed by atoms with Crippen molar-refractivity contribution in [1.82, 2.24) is 9.97 Å². The molecular weight excluding hydrogens is 160 g/mol. The minimum atomic E-state index is 0.924. The molecule has 0 fully saturated rings. The highest BCUT2D eigenvalue weighted by atomic mass is 14.8. The third-order valence-electron chi connectivity index (χ3n) is 1.81. The fourth-order valence-corrected chi connectivity index (χ4v) is 1.18. The zero-order valence-corrected chi connectivity index (χ0v) is 7.36. The third-order valence-corrected chi connectivity index (χ3v) is 1.81. The van der Waals surface area contributed by atoms with Gasteiger partial charge in [-0.1, -0.05) is 48.5 Å². The van der Waals surface area contributed by atoms with Crippen molar-refractivity contribution < 1.29 is 0 Å². The second-order valence-electron chi connectivity index (χ2n) is 2.86. The molecule has 0 aliphatic carbocycles. The second-order valence-corrected chi connectivity index (χ2v) is 2.86. The van der Waals surface area contributed by atoms with Gasteiger partial charge >= 0.3 is 0 Å². The molecule has 0 saturated carbocycles. The molecule has 0 radical (unpaired) electrons. The van der Waals surface area contributed by atoms with Gasteiger partial charge in [0.25, 0.3) is 0 Å². The molecule has 0 saturated heterocycles. The van der Waals surface area contributed by atoms with E-state index in [-0.39, 0.29) is 0 Å². The summed E-state index contributed by atoms with van der Waals surface area (Å²) in [6, 6.07) is 12.0. The van der Waals surface area contributed by atoms with Crippen LogP contribution in [0.5, 0.6) is 0 Å². The van der Waals surface area contributed by atoms with E-state index in [4.69, 9.17) is 0 Å². The van der Waals surface area contributed by atoms with Crippen LogP contribution in [0, 0.1) is 13.3 Å². The maximum atomic E-state index is 4.07. The molecule has 0 N–H and O–H groups in total. The van der Waals surface area contributed by atoms with E-state index in [2.05, 4.69) is 16.3 Å². The molecule has 1 aromatic carbocycles. The monoisotopic (exact) mass is 169 g/mol. The zero-order chi connectivity index (χ0) is 9.10. The van der Waals surface area contributed by atoms with Gasteiger partial charge in [0.15, 0.2) is 0 Å². The molecule has 13 heavy (non-hydrogen) atoms. The summed E-state index contributed by atoms with van der Waals surface area (Å²) in [4.78, 5) is 8.00. The number of nitrogens with zero attached hydrogens (tertiary/aromatic N) is 2. The summed E-state index contributed by atoms with van der Waals surface area (Å²) >= 11 is 0. The first kappa shape index (κ1) is 7.92. The van der Waals surface area contributed by atoms with Crippen LogP contribution in [0.4, 0.5) is 0 Å². The van der Waals surface area contributed by atoms with Gasteiger partial charge in [0.05, 0.1) is 0 Å². The second kappa shape index (κ2) is 3.35. The molecule has 2 heteroatoms. The van der Waals surface area contributed by atoms with E-state index in [0.29, 0.717) is 0 Å². The van der Waals surface area contributed by atoms with Crippen LogP contribution in [0.1, 0.15) is 5.69 Å². The molecule has 0 aliphatic rings. The van der Waals surface area contributed by atoms with Crippen LogP contribution < -0.4 is 0 Å². The number of hydrogen-bond donors (Lipinski definition) is 0. The summed E-state index contributed by atoms with van der Waals surface area (Å²) in [6.45, 7) is 1.94. The quantitative estimate of drug-likeness (QED) is 0.612. The van der Waals surface area contributed by atoms with Gasteiger partial charge in [0.1, 0.15) is 0 Å². The van der Waals surface area contributed by atoms with Gasteiger partial charge in [-0.2, -0.15) is 0 Å². The van der Waals surface area contributed by atoms with Crippen molar-refractivity contribution in [3.63, 3.8) is 0 Å². The van der Waals surface area contributed by atoms with Crippen LogP contribution in [0.3, 0.4) is 0 Å². The van der Waals surface area contributed by atoms with Gasteiger partial charge in [-0.25, -0.2) is 0 Å². The SMILES string of the molecule is Cc1cc(-c2ccccc2)n[c-]n1. The van der Waals surface area contributed by atoms with Crippen molar-refractivity contribution in [2.75, 3.05) is 0 Å². The Hall–Kier alpha value is -1.70. The number of benzene rings is 1. The predicted molar refractivity (Wildman–Crippen MR) is 51.0 cm³/mol. The van der Waals surface area contributed by atoms with Crippen molar-refractivity contribution in [2.45, 2.75) is 6.92 Å². The van der Waals surface area contributed by atoms with Crippen molar-refractivity contribution in [3.8, 4) is 11.3 Å². The van der Waals surface area contributed by atoms with E-state index in [1.54, 1.807) is 0 Å². The van der Waals surface area contributed by atoms with Crippen LogP contribution in [0.2, 0.25) is 0 Å². The molecule has 2 rings (SSSR count). The van der Waals surface area contributed by atoms with Gasteiger partial charge in [-0.05, 0) is 5.69 Å². The van der Waals surface area contributed by atoms with Crippen LogP contribution in [-0.2, 0) is 0 Å². The Balaban J connectivity index is 2.48. The molecule has 0 spiro atoms.